The van der Waals surface area contributed by atoms with E-state index in [-0.39, 0.29) is 24.8 Å². The van der Waals surface area contributed by atoms with Gasteiger partial charge in [0.05, 0.1) is 0 Å². The van der Waals surface area contributed by atoms with E-state index in [1.54, 1.807) is 21.5 Å². The third-order valence-corrected chi connectivity index (χ3v) is 14.9. The van der Waals surface area contributed by atoms with E-state index in [0.717, 1.165) is 24.4 Å². The minimum absolute atomic E-state index is 0. The molecule has 0 fully saturated rings. The number of hydrogen-bond donors (Lipinski definition) is 0. The summed E-state index contributed by atoms with van der Waals surface area (Å²) in [6.07, 6.45) is 1.18. The molecule has 3 aliphatic rings. The number of fused-ring (bicyclic) bond motifs is 5. The molecule has 0 amide bonds. The molecule has 0 nitrogen and oxygen atoms in total. The molecule has 1 aliphatic heterocycles. The Morgan fingerprint density at radius 2 is 1.63 bits per heavy atom. The molecule has 2 aromatic rings. The zero-order valence-electron chi connectivity index (χ0n) is 18.1. The van der Waals surface area contributed by atoms with Crippen molar-refractivity contribution in [2.75, 3.05) is 0 Å². The Kier molecular flexibility index (Phi) is 6.81. The maximum atomic E-state index is 7.50. The van der Waals surface area contributed by atoms with Crippen molar-refractivity contribution in [1.29, 1.82) is 0 Å². The molecular formula is C25H26Cl3HfSi. The predicted octanol–water partition coefficient (Wildman–Crippen LogP) is 0.0927. The summed E-state index contributed by atoms with van der Waals surface area (Å²) in [6, 6.07) is 12.8. The number of rotatable bonds is 3. The van der Waals surface area contributed by atoms with Gasteiger partial charge in [-0.25, -0.2) is 0 Å². The van der Waals surface area contributed by atoms with Crippen molar-refractivity contribution >= 4 is 34.4 Å². The van der Waals surface area contributed by atoms with Gasteiger partial charge in [-0.15, -0.1) is 0 Å². The van der Waals surface area contributed by atoms with Crippen molar-refractivity contribution in [3.8, 4) is 11.1 Å². The average Bonchev–Trinajstić information content (AvgIpc) is 3.12. The summed E-state index contributed by atoms with van der Waals surface area (Å²) in [5.74, 6) is 0.503. The molecule has 0 radical (unpaired) electrons. The van der Waals surface area contributed by atoms with Crippen LogP contribution in [0.1, 0.15) is 61.4 Å². The Morgan fingerprint density at radius 1 is 0.967 bits per heavy atom. The first-order valence-electron chi connectivity index (χ1n) is 10.4. The Morgan fingerprint density at radius 3 is 2.23 bits per heavy atom. The molecule has 2 aliphatic carbocycles. The van der Waals surface area contributed by atoms with E-state index in [0.29, 0.717) is 9.59 Å². The fourth-order valence-electron chi connectivity index (χ4n) is 5.70. The molecular weight excluding hydrogens is 613 g/mol. The number of halogens is 3. The first-order chi connectivity index (χ1) is 13.3. The SMILES string of the molecule is CCC[Si]1(Cl)c2c(C3=C(C)C(C)=C(C)C3C)cc3c(c21)[CH]([Hf+2])c1ccccc1-3.[Cl-].[Cl-]. The van der Waals surface area contributed by atoms with Gasteiger partial charge in [-0.3, -0.25) is 0 Å². The Hall–Kier alpha value is -0.123. The predicted molar refractivity (Wildman–Crippen MR) is 120 cm³/mol. The molecule has 2 aromatic carbocycles. The van der Waals surface area contributed by atoms with Crippen molar-refractivity contribution in [2.45, 2.75) is 50.8 Å². The minimum atomic E-state index is -1.96. The van der Waals surface area contributed by atoms with Crippen LogP contribution in [0.15, 0.2) is 47.1 Å². The van der Waals surface area contributed by atoms with E-state index >= 15 is 0 Å². The van der Waals surface area contributed by atoms with Crippen molar-refractivity contribution in [3.05, 3.63) is 63.7 Å². The third kappa shape index (κ3) is 3.08. The van der Waals surface area contributed by atoms with Gasteiger partial charge < -0.3 is 24.8 Å². The summed E-state index contributed by atoms with van der Waals surface area (Å²) in [4.78, 5) is 0. The second kappa shape index (κ2) is 8.34. The normalized spacial score (nSPS) is 25.5. The molecule has 0 saturated heterocycles. The summed E-state index contributed by atoms with van der Waals surface area (Å²) in [6.45, 7) is 11.6. The third-order valence-electron chi connectivity index (χ3n) is 7.47. The van der Waals surface area contributed by atoms with Gasteiger partial charge in [-0.05, 0) is 0 Å². The standard InChI is InChI=1S/C25H26ClSi.2ClH.Hf/c1-6-11-27(26)24-21-12-18-9-7-8-10-19(18)20(21)13-22(25(24)27)23-16(4)14(2)15(3)17(23)5;;;/h7-10,12-13,16H,6,11H2,1-5H3;2*1H;/q;;;+2/p-2. The van der Waals surface area contributed by atoms with Crippen LogP contribution < -0.4 is 35.2 Å². The van der Waals surface area contributed by atoms with Crippen molar-refractivity contribution < 1.29 is 49.2 Å². The quantitative estimate of drug-likeness (QED) is 0.331. The smallest absolute Gasteiger partial charge is 1.00 e. The maximum Gasteiger partial charge on any atom is -1.00 e. The fraction of sp³-hybridized carbons (Fsp3) is 0.360. The minimum Gasteiger partial charge on any atom is -1.00 e. The Labute approximate surface area is 213 Å². The van der Waals surface area contributed by atoms with Gasteiger partial charge >= 0.3 is 190 Å². The van der Waals surface area contributed by atoms with Crippen LogP contribution in [0.5, 0.6) is 0 Å². The van der Waals surface area contributed by atoms with Crippen molar-refractivity contribution in [1.82, 2.24) is 0 Å². The average molecular weight is 639 g/mol. The molecule has 1 heterocycles. The largest absolute Gasteiger partial charge is 1.00 e. The van der Waals surface area contributed by atoms with E-state index in [2.05, 4.69) is 65.0 Å². The van der Waals surface area contributed by atoms with E-state index < -0.39 is 7.38 Å². The van der Waals surface area contributed by atoms with E-state index in [1.807, 2.05) is 0 Å². The molecule has 155 valence electrons. The summed E-state index contributed by atoms with van der Waals surface area (Å²) in [7, 11) is -1.96. The molecule has 5 heteroatoms. The van der Waals surface area contributed by atoms with Crippen LogP contribution in [0, 0.1) is 5.92 Å². The number of allylic oxidation sites excluding steroid dienone is 4. The second-order valence-electron chi connectivity index (χ2n) is 8.78. The molecule has 0 bridgehead atoms. The molecule has 3 unspecified atom stereocenters. The monoisotopic (exact) mass is 639 g/mol. The summed E-state index contributed by atoms with van der Waals surface area (Å²) in [5, 5.41) is 3.21. The topological polar surface area (TPSA) is 0 Å². The molecule has 0 spiro atoms. The van der Waals surface area contributed by atoms with Crippen LogP contribution in [-0.2, 0) is 24.4 Å². The van der Waals surface area contributed by atoms with E-state index in [9.17, 15) is 0 Å². The Balaban J connectivity index is 0.00000128. The van der Waals surface area contributed by atoms with E-state index in [1.165, 1.54) is 51.4 Å². The second-order valence-corrected chi connectivity index (χ2v) is 15.9. The number of hydrogen-bond acceptors (Lipinski definition) is 0. The van der Waals surface area contributed by atoms with Gasteiger partial charge in [-0.2, -0.15) is 0 Å². The van der Waals surface area contributed by atoms with Gasteiger partial charge in [0.1, 0.15) is 0 Å². The van der Waals surface area contributed by atoms with Gasteiger partial charge in [0.25, 0.3) is 0 Å². The fourth-order valence-corrected chi connectivity index (χ4v) is 13.9. The maximum absolute atomic E-state index is 7.50. The molecule has 0 saturated carbocycles. The van der Waals surface area contributed by atoms with Crippen molar-refractivity contribution in [2.24, 2.45) is 5.92 Å². The van der Waals surface area contributed by atoms with Gasteiger partial charge in [0.2, 0.25) is 0 Å². The summed E-state index contributed by atoms with van der Waals surface area (Å²) in [5.41, 5.74) is 13.6. The zero-order chi connectivity index (χ0) is 20.0. The molecule has 0 aromatic heterocycles. The molecule has 30 heavy (non-hydrogen) atoms. The molecule has 5 rings (SSSR count). The molecule has 0 N–H and O–H groups in total. The molecule has 3 atom stereocenters. The van der Waals surface area contributed by atoms with Crippen molar-refractivity contribution in [3.63, 3.8) is 0 Å². The Bertz CT molecular complexity index is 1120. The van der Waals surface area contributed by atoms with Crippen LogP contribution in [-0.4, -0.2) is 7.38 Å². The first-order valence-corrected chi connectivity index (χ1v) is 15.7. The van der Waals surface area contributed by atoms with Gasteiger partial charge in [-0.1, -0.05) is 0 Å². The first kappa shape index (κ1) is 24.5. The number of benzene rings is 2. The van der Waals surface area contributed by atoms with Crippen LogP contribution >= 0.6 is 11.1 Å². The van der Waals surface area contributed by atoms with Gasteiger partial charge in [0.15, 0.2) is 0 Å². The van der Waals surface area contributed by atoms with Crippen LogP contribution in [0.3, 0.4) is 0 Å². The van der Waals surface area contributed by atoms with Crippen LogP contribution in [0.2, 0.25) is 6.04 Å². The summed E-state index contributed by atoms with van der Waals surface area (Å²) >= 11 is 8.66. The summed E-state index contributed by atoms with van der Waals surface area (Å²) < 4.78 is 0.608. The van der Waals surface area contributed by atoms with Gasteiger partial charge in [0, 0.05) is 0 Å². The zero-order valence-corrected chi connectivity index (χ0v) is 25.0. The van der Waals surface area contributed by atoms with E-state index in [4.69, 9.17) is 11.1 Å². The van der Waals surface area contributed by atoms with Crippen LogP contribution in [0.25, 0.3) is 16.7 Å². The van der Waals surface area contributed by atoms with Crippen LogP contribution in [0.4, 0.5) is 0 Å².